The molecule has 9 heteroatoms. The van der Waals surface area contributed by atoms with E-state index >= 15 is 0 Å². The molecule has 2 heterocycles. The fraction of sp³-hybridized carbons (Fsp3) is 0.450. The first-order valence-corrected chi connectivity index (χ1v) is 11.9. The van der Waals surface area contributed by atoms with Gasteiger partial charge in [-0.2, -0.15) is 4.31 Å². The number of piperazine rings is 1. The fourth-order valence-electron chi connectivity index (χ4n) is 3.27. The van der Waals surface area contributed by atoms with Crippen LogP contribution in [0.2, 0.25) is 0 Å². The van der Waals surface area contributed by atoms with Gasteiger partial charge in [-0.05, 0) is 42.5 Å². The second-order valence-corrected chi connectivity index (χ2v) is 9.75. The summed E-state index contributed by atoms with van der Waals surface area (Å²) in [5, 5.41) is 1.75. The van der Waals surface area contributed by atoms with E-state index in [2.05, 4.69) is 0 Å². The Kier molecular flexibility index (Phi) is 7.15. The maximum atomic E-state index is 12.6. The van der Waals surface area contributed by atoms with Crippen LogP contribution in [0.1, 0.15) is 18.9 Å². The Morgan fingerprint density at radius 3 is 2.52 bits per heavy atom. The second-order valence-electron chi connectivity index (χ2n) is 6.64. The van der Waals surface area contributed by atoms with Gasteiger partial charge in [0.15, 0.2) is 11.5 Å². The molecule has 1 aliphatic rings. The first-order valence-electron chi connectivity index (χ1n) is 9.57. The molecule has 0 radical (unpaired) electrons. The standard InChI is InChI=1S/C20H26N2O5S2/c1-3-27-17-8-6-16(15-18(17)26-2)7-9-19(23)21-10-12-22(13-11-21)29(24,25)20-5-4-14-28-20/h4-6,8,14-15H,3,7,9-13H2,1-2H3. The van der Waals surface area contributed by atoms with Crippen LogP contribution in [0, 0.1) is 0 Å². The van der Waals surface area contributed by atoms with Crippen molar-refractivity contribution in [3.05, 3.63) is 41.3 Å². The van der Waals surface area contributed by atoms with E-state index in [1.165, 1.54) is 15.6 Å². The lowest BCUT2D eigenvalue weighted by molar-refractivity contribution is -0.132. The zero-order valence-electron chi connectivity index (χ0n) is 16.7. The van der Waals surface area contributed by atoms with E-state index in [4.69, 9.17) is 9.47 Å². The number of hydrogen-bond donors (Lipinski definition) is 0. The predicted molar refractivity (Wildman–Crippen MR) is 112 cm³/mol. The van der Waals surface area contributed by atoms with E-state index < -0.39 is 10.0 Å². The average molecular weight is 439 g/mol. The van der Waals surface area contributed by atoms with Crippen molar-refractivity contribution in [2.45, 2.75) is 24.0 Å². The summed E-state index contributed by atoms with van der Waals surface area (Å²) in [4.78, 5) is 14.3. The summed E-state index contributed by atoms with van der Waals surface area (Å²) in [5.74, 6) is 1.38. The van der Waals surface area contributed by atoms with E-state index in [9.17, 15) is 13.2 Å². The summed E-state index contributed by atoms with van der Waals surface area (Å²) in [6, 6.07) is 9.03. The summed E-state index contributed by atoms with van der Waals surface area (Å²) in [6.07, 6.45) is 0.962. The van der Waals surface area contributed by atoms with Gasteiger partial charge in [-0.25, -0.2) is 8.42 Å². The number of aryl methyl sites for hydroxylation is 1. The van der Waals surface area contributed by atoms with Gasteiger partial charge in [0, 0.05) is 32.6 Å². The Bertz CT molecular complexity index is 920. The lowest BCUT2D eigenvalue weighted by atomic mass is 10.1. The molecule has 1 fully saturated rings. The molecule has 0 aliphatic carbocycles. The lowest BCUT2D eigenvalue weighted by Crippen LogP contribution is -2.50. The average Bonchev–Trinajstić information content (AvgIpc) is 3.29. The normalized spacial score (nSPS) is 15.3. The Morgan fingerprint density at radius 1 is 1.14 bits per heavy atom. The van der Waals surface area contributed by atoms with Crippen molar-refractivity contribution in [1.29, 1.82) is 0 Å². The molecule has 158 valence electrons. The maximum absolute atomic E-state index is 12.6. The highest BCUT2D eigenvalue weighted by Gasteiger charge is 2.30. The Morgan fingerprint density at radius 2 is 1.90 bits per heavy atom. The number of hydrogen-bond acceptors (Lipinski definition) is 6. The number of rotatable bonds is 8. The SMILES string of the molecule is CCOc1ccc(CCC(=O)N2CCN(S(=O)(=O)c3cccs3)CC2)cc1OC. The molecule has 1 saturated heterocycles. The Hall–Kier alpha value is -2.10. The van der Waals surface area contributed by atoms with E-state index in [0.29, 0.717) is 61.3 Å². The zero-order valence-corrected chi connectivity index (χ0v) is 18.3. The van der Waals surface area contributed by atoms with E-state index in [1.807, 2.05) is 25.1 Å². The van der Waals surface area contributed by atoms with Crippen LogP contribution in [0.15, 0.2) is 39.9 Å². The summed E-state index contributed by atoms with van der Waals surface area (Å²) < 4.78 is 37.8. The van der Waals surface area contributed by atoms with Crippen molar-refractivity contribution >= 4 is 27.3 Å². The quantitative estimate of drug-likeness (QED) is 0.633. The number of amides is 1. The van der Waals surface area contributed by atoms with Gasteiger partial charge in [-0.15, -0.1) is 11.3 Å². The highest BCUT2D eigenvalue weighted by Crippen LogP contribution is 2.28. The van der Waals surface area contributed by atoms with Crippen LogP contribution in [0.5, 0.6) is 11.5 Å². The van der Waals surface area contributed by atoms with Crippen LogP contribution in [-0.2, 0) is 21.2 Å². The van der Waals surface area contributed by atoms with Crippen LogP contribution in [0.3, 0.4) is 0 Å². The van der Waals surface area contributed by atoms with Crippen LogP contribution in [0.25, 0.3) is 0 Å². The number of ether oxygens (including phenoxy) is 2. The van der Waals surface area contributed by atoms with Gasteiger partial charge < -0.3 is 14.4 Å². The first kappa shape index (κ1) is 21.6. The van der Waals surface area contributed by atoms with E-state index in [0.717, 1.165) is 5.56 Å². The molecule has 3 rings (SSSR count). The molecule has 1 aromatic carbocycles. The minimum absolute atomic E-state index is 0.0334. The Balaban J connectivity index is 1.53. The lowest BCUT2D eigenvalue weighted by Gasteiger charge is -2.33. The van der Waals surface area contributed by atoms with Gasteiger partial charge in [-0.1, -0.05) is 12.1 Å². The summed E-state index contributed by atoms with van der Waals surface area (Å²) >= 11 is 1.21. The number of carbonyl (C=O) groups excluding carboxylic acids is 1. The van der Waals surface area contributed by atoms with E-state index in [1.54, 1.807) is 29.5 Å². The number of nitrogens with zero attached hydrogens (tertiary/aromatic N) is 2. The second kappa shape index (κ2) is 9.60. The minimum Gasteiger partial charge on any atom is -0.493 e. The molecule has 0 bridgehead atoms. The number of sulfonamides is 1. The molecule has 1 amide bonds. The van der Waals surface area contributed by atoms with Gasteiger partial charge >= 0.3 is 0 Å². The van der Waals surface area contributed by atoms with Crippen molar-refractivity contribution in [1.82, 2.24) is 9.21 Å². The third-order valence-electron chi connectivity index (χ3n) is 4.84. The summed E-state index contributed by atoms with van der Waals surface area (Å²) in [6.45, 7) is 3.94. The van der Waals surface area contributed by atoms with Gasteiger partial charge in [-0.3, -0.25) is 4.79 Å². The van der Waals surface area contributed by atoms with Crippen molar-refractivity contribution in [2.75, 3.05) is 39.9 Å². The van der Waals surface area contributed by atoms with Crippen LogP contribution in [0.4, 0.5) is 0 Å². The Labute approximate surface area is 175 Å². The molecule has 29 heavy (non-hydrogen) atoms. The molecule has 0 N–H and O–H groups in total. The maximum Gasteiger partial charge on any atom is 0.252 e. The molecule has 0 spiro atoms. The molecular weight excluding hydrogens is 412 g/mol. The number of methoxy groups -OCH3 is 1. The molecule has 1 aliphatic heterocycles. The van der Waals surface area contributed by atoms with Crippen molar-refractivity contribution in [3.63, 3.8) is 0 Å². The third kappa shape index (κ3) is 5.09. The third-order valence-corrected chi connectivity index (χ3v) is 8.11. The number of benzene rings is 1. The smallest absolute Gasteiger partial charge is 0.252 e. The highest BCUT2D eigenvalue weighted by molar-refractivity contribution is 7.91. The molecule has 1 aromatic heterocycles. The van der Waals surface area contributed by atoms with Crippen molar-refractivity contribution < 1.29 is 22.7 Å². The van der Waals surface area contributed by atoms with E-state index in [-0.39, 0.29) is 5.91 Å². The van der Waals surface area contributed by atoms with Gasteiger partial charge in [0.25, 0.3) is 10.0 Å². The van der Waals surface area contributed by atoms with Crippen LogP contribution >= 0.6 is 11.3 Å². The minimum atomic E-state index is -3.45. The number of carbonyl (C=O) groups is 1. The molecule has 2 aromatic rings. The van der Waals surface area contributed by atoms with Gasteiger partial charge in [0.1, 0.15) is 4.21 Å². The molecule has 0 unspecified atom stereocenters. The van der Waals surface area contributed by atoms with Gasteiger partial charge in [0.05, 0.1) is 13.7 Å². The number of thiophene rings is 1. The molecule has 0 atom stereocenters. The zero-order chi connectivity index (χ0) is 20.9. The largest absolute Gasteiger partial charge is 0.493 e. The fourth-order valence-corrected chi connectivity index (χ4v) is 5.83. The molecule has 7 nitrogen and oxygen atoms in total. The summed E-state index contributed by atoms with van der Waals surface area (Å²) in [7, 11) is -1.86. The topological polar surface area (TPSA) is 76.2 Å². The van der Waals surface area contributed by atoms with Crippen LogP contribution < -0.4 is 9.47 Å². The van der Waals surface area contributed by atoms with Gasteiger partial charge in [0.2, 0.25) is 5.91 Å². The first-order chi connectivity index (χ1) is 14.0. The summed E-state index contributed by atoms with van der Waals surface area (Å²) in [5.41, 5.74) is 0.998. The van der Waals surface area contributed by atoms with Crippen molar-refractivity contribution in [2.24, 2.45) is 0 Å². The van der Waals surface area contributed by atoms with Crippen molar-refractivity contribution in [3.8, 4) is 11.5 Å². The van der Waals surface area contributed by atoms with Crippen LogP contribution in [-0.4, -0.2) is 63.4 Å². The molecule has 0 saturated carbocycles. The predicted octanol–water partition coefficient (Wildman–Crippen LogP) is 2.62. The highest BCUT2D eigenvalue weighted by atomic mass is 32.2. The molecular formula is C20H26N2O5S2. The monoisotopic (exact) mass is 438 g/mol.